The molecule has 1 unspecified atom stereocenters. The van der Waals surface area contributed by atoms with Crippen LogP contribution in [0, 0.1) is 5.92 Å². The molecule has 3 rings (SSSR count). The largest absolute Gasteiger partial charge is 0.356 e. The number of rotatable bonds is 2. The van der Waals surface area contributed by atoms with Crippen molar-refractivity contribution in [2.24, 2.45) is 5.92 Å². The second-order valence-electron chi connectivity index (χ2n) is 5.45. The highest BCUT2D eigenvalue weighted by Gasteiger charge is 2.23. The summed E-state index contributed by atoms with van der Waals surface area (Å²) in [6.07, 6.45) is 1.17. The third-order valence-electron chi connectivity index (χ3n) is 3.81. The lowest BCUT2D eigenvalue weighted by atomic mass is 10.1. The van der Waals surface area contributed by atoms with Crippen molar-refractivity contribution in [3.63, 3.8) is 0 Å². The summed E-state index contributed by atoms with van der Waals surface area (Å²) in [6.45, 7) is 5.85. The van der Waals surface area contributed by atoms with E-state index >= 15 is 0 Å². The van der Waals surface area contributed by atoms with Gasteiger partial charge in [-0.1, -0.05) is 25.1 Å². The Bertz CT molecular complexity index is 636. The lowest BCUT2D eigenvalue weighted by Gasteiger charge is -2.20. The summed E-state index contributed by atoms with van der Waals surface area (Å²) in [5.41, 5.74) is 1.70. The fraction of sp³-hybridized carbons (Fsp3) is 0.375. The molecule has 2 aromatic rings. The molecule has 3 heteroatoms. The molecule has 0 spiro atoms. The molecule has 1 aromatic carbocycles. The maximum Gasteiger partial charge on any atom is 0.163 e. The molecule has 0 N–H and O–H groups in total. The number of hydrogen-bond acceptors (Lipinski definition) is 3. The zero-order valence-electron chi connectivity index (χ0n) is 11.4. The third kappa shape index (κ3) is 2.21. The van der Waals surface area contributed by atoms with Gasteiger partial charge >= 0.3 is 0 Å². The highest BCUT2D eigenvalue weighted by atomic mass is 16.1. The van der Waals surface area contributed by atoms with E-state index in [9.17, 15) is 4.79 Å². The van der Waals surface area contributed by atoms with Crippen molar-refractivity contribution in [1.82, 2.24) is 4.98 Å². The predicted octanol–water partition coefficient (Wildman–Crippen LogP) is 3.28. The minimum absolute atomic E-state index is 0.0906. The van der Waals surface area contributed by atoms with Crippen molar-refractivity contribution in [3.8, 4) is 0 Å². The Morgan fingerprint density at radius 1 is 1.37 bits per heavy atom. The summed E-state index contributed by atoms with van der Waals surface area (Å²) in [6, 6.07) is 9.95. The molecule has 1 saturated heterocycles. The van der Waals surface area contributed by atoms with Crippen LogP contribution in [0.5, 0.6) is 0 Å². The molecule has 1 aromatic heterocycles. The molecule has 3 nitrogen and oxygen atoms in total. The van der Waals surface area contributed by atoms with Gasteiger partial charge < -0.3 is 4.90 Å². The number of benzene rings is 1. The zero-order valence-corrected chi connectivity index (χ0v) is 11.4. The Kier molecular flexibility index (Phi) is 2.97. The molecule has 0 amide bonds. The normalized spacial score (nSPS) is 19.1. The predicted molar refractivity (Wildman–Crippen MR) is 77.7 cm³/mol. The van der Waals surface area contributed by atoms with E-state index in [2.05, 4.69) is 11.8 Å². The number of hydrogen-bond donors (Lipinski definition) is 0. The molecule has 0 radical (unpaired) electrons. The topological polar surface area (TPSA) is 33.2 Å². The maximum absolute atomic E-state index is 11.9. The molecular weight excluding hydrogens is 236 g/mol. The molecule has 1 fully saturated rings. The van der Waals surface area contributed by atoms with Crippen molar-refractivity contribution in [1.29, 1.82) is 0 Å². The minimum Gasteiger partial charge on any atom is -0.356 e. The van der Waals surface area contributed by atoms with E-state index in [1.165, 1.54) is 6.42 Å². The van der Waals surface area contributed by atoms with Crippen LogP contribution in [0.25, 0.3) is 10.9 Å². The van der Waals surface area contributed by atoms with Crippen molar-refractivity contribution in [3.05, 3.63) is 35.9 Å². The molecule has 19 heavy (non-hydrogen) atoms. The van der Waals surface area contributed by atoms with E-state index in [-0.39, 0.29) is 5.78 Å². The highest BCUT2D eigenvalue weighted by molar-refractivity contribution is 6.02. The third-order valence-corrected chi connectivity index (χ3v) is 3.81. The van der Waals surface area contributed by atoms with Crippen molar-refractivity contribution in [2.45, 2.75) is 20.3 Å². The van der Waals surface area contributed by atoms with E-state index < -0.39 is 0 Å². The Balaban J connectivity index is 2.15. The summed E-state index contributed by atoms with van der Waals surface area (Å²) >= 11 is 0. The summed E-state index contributed by atoms with van der Waals surface area (Å²) in [4.78, 5) is 18.8. The van der Waals surface area contributed by atoms with Gasteiger partial charge in [0, 0.05) is 18.5 Å². The lowest BCUT2D eigenvalue weighted by Crippen LogP contribution is -2.22. The summed E-state index contributed by atoms with van der Waals surface area (Å²) in [5, 5.41) is 1.03. The first kappa shape index (κ1) is 12.2. The van der Waals surface area contributed by atoms with Gasteiger partial charge in [-0.3, -0.25) is 4.79 Å². The van der Waals surface area contributed by atoms with Crippen molar-refractivity contribution < 1.29 is 4.79 Å². The number of para-hydroxylation sites is 1. The van der Waals surface area contributed by atoms with Gasteiger partial charge in [-0.2, -0.15) is 0 Å². The molecular formula is C16H18N2O. The van der Waals surface area contributed by atoms with Gasteiger partial charge in [0.05, 0.1) is 11.1 Å². The van der Waals surface area contributed by atoms with Crippen molar-refractivity contribution >= 4 is 22.5 Å². The fourth-order valence-electron chi connectivity index (χ4n) is 2.73. The number of ketones is 1. The van der Waals surface area contributed by atoms with Gasteiger partial charge in [0.1, 0.15) is 5.82 Å². The number of aromatic nitrogens is 1. The van der Waals surface area contributed by atoms with Gasteiger partial charge in [-0.15, -0.1) is 0 Å². The van der Waals surface area contributed by atoms with Crippen LogP contribution < -0.4 is 4.90 Å². The monoisotopic (exact) mass is 254 g/mol. The van der Waals surface area contributed by atoms with E-state index in [0.717, 1.165) is 35.4 Å². The molecule has 0 aliphatic carbocycles. The molecule has 2 heterocycles. The highest BCUT2D eigenvalue weighted by Crippen LogP contribution is 2.28. The van der Waals surface area contributed by atoms with Crippen LogP contribution >= 0.6 is 0 Å². The molecule has 0 saturated carbocycles. The first-order valence-corrected chi connectivity index (χ1v) is 6.81. The van der Waals surface area contributed by atoms with Crippen LogP contribution in [0.4, 0.5) is 5.82 Å². The first-order chi connectivity index (χ1) is 9.15. The lowest BCUT2D eigenvalue weighted by molar-refractivity contribution is 0.101. The summed E-state index contributed by atoms with van der Waals surface area (Å²) in [7, 11) is 0. The number of anilines is 1. The number of nitrogens with zero attached hydrogens (tertiary/aromatic N) is 2. The average molecular weight is 254 g/mol. The zero-order chi connectivity index (χ0) is 13.4. The van der Waals surface area contributed by atoms with Gasteiger partial charge in [0.15, 0.2) is 5.78 Å². The quantitative estimate of drug-likeness (QED) is 0.771. The number of Topliss-reactive ketones (excluding diaryl/α,β-unsaturated/α-hetero) is 1. The van der Waals surface area contributed by atoms with Gasteiger partial charge in [-0.05, 0) is 31.4 Å². The maximum atomic E-state index is 11.9. The van der Waals surface area contributed by atoms with Gasteiger partial charge in [-0.25, -0.2) is 4.98 Å². The summed E-state index contributed by atoms with van der Waals surface area (Å²) < 4.78 is 0. The van der Waals surface area contributed by atoms with Crippen LogP contribution in [0.15, 0.2) is 30.3 Å². The van der Waals surface area contributed by atoms with E-state index in [1.54, 1.807) is 6.92 Å². The Morgan fingerprint density at radius 3 is 2.84 bits per heavy atom. The number of carbonyl (C=O) groups excluding carboxylic acids is 1. The smallest absolute Gasteiger partial charge is 0.163 e. The standard InChI is InChI=1S/C16H18N2O/c1-11-7-8-18(10-11)16-14(12(2)19)9-13-5-3-4-6-15(13)17-16/h3-6,9,11H,7-8,10H2,1-2H3. The Hall–Kier alpha value is -1.90. The molecule has 1 atom stereocenters. The van der Waals surface area contributed by atoms with Gasteiger partial charge in [0.25, 0.3) is 0 Å². The average Bonchev–Trinajstić information content (AvgIpc) is 2.83. The number of carbonyl (C=O) groups is 1. The van der Waals surface area contributed by atoms with E-state index in [1.807, 2.05) is 30.3 Å². The second kappa shape index (κ2) is 4.65. The molecule has 1 aliphatic heterocycles. The summed E-state index contributed by atoms with van der Waals surface area (Å²) in [5.74, 6) is 1.62. The van der Waals surface area contributed by atoms with Crippen LogP contribution in [0.2, 0.25) is 0 Å². The minimum atomic E-state index is 0.0906. The first-order valence-electron chi connectivity index (χ1n) is 6.81. The van der Waals surface area contributed by atoms with Crippen molar-refractivity contribution in [2.75, 3.05) is 18.0 Å². The second-order valence-corrected chi connectivity index (χ2v) is 5.45. The Morgan fingerprint density at radius 2 is 2.16 bits per heavy atom. The molecule has 0 bridgehead atoms. The van der Waals surface area contributed by atoms with E-state index in [0.29, 0.717) is 5.92 Å². The van der Waals surface area contributed by atoms with Gasteiger partial charge in [0.2, 0.25) is 0 Å². The van der Waals surface area contributed by atoms with Crippen LogP contribution in [-0.4, -0.2) is 23.9 Å². The number of pyridine rings is 1. The SMILES string of the molecule is CC(=O)c1cc2ccccc2nc1N1CCC(C)C1. The Labute approximate surface area is 113 Å². The van der Waals surface area contributed by atoms with E-state index in [4.69, 9.17) is 4.98 Å². The van der Waals surface area contributed by atoms with Crippen LogP contribution in [0.1, 0.15) is 30.6 Å². The number of fused-ring (bicyclic) bond motifs is 1. The van der Waals surface area contributed by atoms with Crippen LogP contribution in [-0.2, 0) is 0 Å². The van der Waals surface area contributed by atoms with Crippen LogP contribution in [0.3, 0.4) is 0 Å². The molecule has 98 valence electrons. The molecule has 1 aliphatic rings. The fourth-order valence-corrected chi connectivity index (χ4v) is 2.73.